The standard InChI is InChI=1S/C18H17BrFN5O2/c1-9(2)15-14-6-11(19)4-5-13(14)17(27)25(24-15)10(3)16(26)23-18-21-7-12(20)8-22-18/h4-10H,1-3H3,(H,21,22,23,26). The molecule has 1 aromatic carbocycles. The van der Waals surface area contributed by atoms with Gasteiger partial charge in [-0.15, -0.1) is 0 Å². The zero-order valence-electron chi connectivity index (χ0n) is 14.9. The lowest BCUT2D eigenvalue weighted by atomic mass is 10.0. The van der Waals surface area contributed by atoms with Crippen LogP contribution in [0.1, 0.15) is 38.4 Å². The maximum absolute atomic E-state index is 12.9. The Bertz CT molecular complexity index is 1070. The number of nitrogens with zero attached hydrogens (tertiary/aromatic N) is 4. The molecule has 0 fully saturated rings. The third kappa shape index (κ3) is 3.87. The van der Waals surface area contributed by atoms with Crippen LogP contribution in [0.2, 0.25) is 0 Å². The fourth-order valence-corrected chi connectivity index (χ4v) is 3.01. The van der Waals surface area contributed by atoms with Gasteiger partial charge in [0.25, 0.3) is 11.5 Å². The van der Waals surface area contributed by atoms with E-state index in [9.17, 15) is 14.0 Å². The van der Waals surface area contributed by atoms with E-state index < -0.39 is 17.8 Å². The molecule has 1 amide bonds. The first-order valence-electron chi connectivity index (χ1n) is 8.28. The van der Waals surface area contributed by atoms with Gasteiger partial charge >= 0.3 is 0 Å². The molecule has 27 heavy (non-hydrogen) atoms. The van der Waals surface area contributed by atoms with Crippen LogP contribution in [0.4, 0.5) is 10.3 Å². The average molecular weight is 434 g/mol. The Hall–Kier alpha value is -2.68. The van der Waals surface area contributed by atoms with Gasteiger partial charge in [-0.3, -0.25) is 14.9 Å². The first-order chi connectivity index (χ1) is 12.8. The summed E-state index contributed by atoms with van der Waals surface area (Å²) in [7, 11) is 0. The van der Waals surface area contributed by atoms with Gasteiger partial charge in [0.15, 0.2) is 5.82 Å². The van der Waals surface area contributed by atoms with Gasteiger partial charge in [0, 0.05) is 9.86 Å². The summed E-state index contributed by atoms with van der Waals surface area (Å²) in [5.41, 5.74) is 0.341. The van der Waals surface area contributed by atoms with Crippen LogP contribution in [0.15, 0.2) is 39.9 Å². The van der Waals surface area contributed by atoms with E-state index in [1.54, 1.807) is 19.1 Å². The van der Waals surface area contributed by atoms with Gasteiger partial charge in [0.1, 0.15) is 6.04 Å². The van der Waals surface area contributed by atoms with Gasteiger partial charge in [-0.1, -0.05) is 29.8 Å². The summed E-state index contributed by atoms with van der Waals surface area (Å²) in [5, 5.41) is 8.13. The van der Waals surface area contributed by atoms with Gasteiger partial charge in [-0.25, -0.2) is 19.0 Å². The summed E-state index contributed by atoms with van der Waals surface area (Å²) < 4.78 is 14.9. The largest absolute Gasteiger partial charge is 0.293 e. The summed E-state index contributed by atoms with van der Waals surface area (Å²) in [6.45, 7) is 5.49. The maximum atomic E-state index is 12.9. The van der Waals surface area contributed by atoms with Crippen molar-refractivity contribution < 1.29 is 9.18 Å². The number of carbonyl (C=O) groups is 1. The number of carbonyl (C=O) groups excluding carboxylic acids is 1. The number of hydrogen-bond acceptors (Lipinski definition) is 5. The minimum absolute atomic E-state index is 0.0457. The second-order valence-electron chi connectivity index (χ2n) is 6.37. The van der Waals surface area contributed by atoms with E-state index in [2.05, 4.69) is 36.3 Å². The lowest BCUT2D eigenvalue weighted by Gasteiger charge is -2.17. The first-order valence-corrected chi connectivity index (χ1v) is 9.07. The zero-order chi connectivity index (χ0) is 19.7. The summed E-state index contributed by atoms with van der Waals surface area (Å²) in [5.74, 6) is -1.14. The third-order valence-corrected chi connectivity index (χ3v) is 4.55. The molecule has 7 nitrogen and oxygen atoms in total. The van der Waals surface area contributed by atoms with Crippen LogP contribution in [-0.2, 0) is 4.79 Å². The van der Waals surface area contributed by atoms with E-state index >= 15 is 0 Å². The molecule has 9 heteroatoms. The smallest absolute Gasteiger partial charge is 0.275 e. The number of hydrogen-bond donors (Lipinski definition) is 1. The van der Waals surface area contributed by atoms with Crippen LogP contribution in [0.3, 0.4) is 0 Å². The van der Waals surface area contributed by atoms with Crippen molar-refractivity contribution in [3.05, 3.63) is 56.9 Å². The van der Waals surface area contributed by atoms with E-state index in [1.807, 2.05) is 19.9 Å². The lowest BCUT2D eigenvalue weighted by Crippen LogP contribution is -2.34. The molecule has 3 rings (SSSR count). The number of halogens is 2. The number of amides is 1. The highest BCUT2D eigenvalue weighted by Gasteiger charge is 2.22. The summed E-state index contributed by atoms with van der Waals surface area (Å²) in [4.78, 5) is 32.8. The molecule has 0 aliphatic rings. The van der Waals surface area contributed by atoms with Crippen LogP contribution in [0, 0.1) is 5.82 Å². The van der Waals surface area contributed by atoms with Gasteiger partial charge < -0.3 is 0 Å². The topological polar surface area (TPSA) is 89.8 Å². The van der Waals surface area contributed by atoms with E-state index in [0.29, 0.717) is 11.1 Å². The van der Waals surface area contributed by atoms with Crippen molar-refractivity contribution in [3.8, 4) is 0 Å². The van der Waals surface area contributed by atoms with Crippen molar-refractivity contribution in [1.82, 2.24) is 19.7 Å². The van der Waals surface area contributed by atoms with Gasteiger partial charge in [0.05, 0.1) is 23.5 Å². The molecule has 0 saturated heterocycles. The zero-order valence-corrected chi connectivity index (χ0v) is 16.5. The molecular formula is C18H17BrFN5O2. The van der Waals surface area contributed by atoms with Crippen molar-refractivity contribution >= 4 is 38.6 Å². The molecule has 1 N–H and O–H groups in total. The Morgan fingerprint density at radius 1 is 1.19 bits per heavy atom. The highest BCUT2D eigenvalue weighted by atomic mass is 79.9. The van der Waals surface area contributed by atoms with Crippen LogP contribution in [-0.4, -0.2) is 25.7 Å². The SMILES string of the molecule is CC(C)c1nn(C(C)C(=O)Nc2ncc(F)cn2)c(=O)c2ccc(Br)cc12. The average Bonchev–Trinajstić information content (AvgIpc) is 2.63. The van der Waals surface area contributed by atoms with E-state index in [-0.39, 0.29) is 17.4 Å². The Kier molecular flexibility index (Phi) is 5.31. The second kappa shape index (κ2) is 7.51. The molecule has 140 valence electrons. The van der Waals surface area contributed by atoms with E-state index in [1.165, 1.54) is 0 Å². The molecule has 1 unspecified atom stereocenters. The summed E-state index contributed by atoms with van der Waals surface area (Å²) in [6, 6.07) is 4.42. The molecule has 0 saturated carbocycles. The number of rotatable bonds is 4. The van der Waals surface area contributed by atoms with Crippen LogP contribution in [0.5, 0.6) is 0 Å². The predicted octanol–water partition coefficient (Wildman–Crippen LogP) is 3.41. The van der Waals surface area contributed by atoms with Gasteiger partial charge in [-0.2, -0.15) is 5.10 Å². The molecule has 0 aliphatic heterocycles. The Morgan fingerprint density at radius 3 is 2.48 bits per heavy atom. The molecule has 0 bridgehead atoms. The monoisotopic (exact) mass is 433 g/mol. The minimum atomic E-state index is -0.906. The van der Waals surface area contributed by atoms with Crippen LogP contribution < -0.4 is 10.9 Å². The Morgan fingerprint density at radius 2 is 1.85 bits per heavy atom. The second-order valence-corrected chi connectivity index (χ2v) is 7.29. The van der Waals surface area contributed by atoms with Crippen molar-refractivity contribution in [1.29, 1.82) is 0 Å². The normalized spacial score (nSPS) is 12.4. The fourth-order valence-electron chi connectivity index (χ4n) is 2.65. The highest BCUT2D eigenvalue weighted by Crippen LogP contribution is 2.25. The predicted molar refractivity (Wildman–Crippen MR) is 103 cm³/mol. The molecular weight excluding hydrogens is 417 g/mol. The minimum Gasteiger partial charge on any atom is -0.293 e. The molecule has 0 spiro atoms. The number of fused-ring (bicyclic) bond motifs is 1. The van der Waals surface area contributed by atoms with E-state index in [4.69, 9.17) is 0 Å². The summed E-state index contributed by atoms with van der Waals surface area (Å²) in [6.07, 6.45) is 1.89. The molecule has 0 aliphatic carbocycles. The van der Waals surface area contributed by atoms with Crippen molar-refractivity contribution in [2.75, 3.05) is 5.32 Å². The molecule has 1 atom stereocenters. The van der Waals surface area contributed by atoms with Crippen molar-refractivity contribution in [2.24, 2.45) is 0 Å². The van der Waals surface area contributed by atoms with Crippen LogP contribution in [0.25, 0.3) is 10.8 Å². The van der Waals surface area contributed by atoms with E-state index in [0.717, 1.165) is 26.9 Å². The number of benzene rings is 1. The fraction of sp³-hybridized carbons (Fsp3) is 0.278. The number of anilines is 1. The maximum Gasteiger partial charge on any atom is 0.275 e. The number of aromatic nitrogens is 4. The Balaban J connectivity index is 2.03. The lowest BCUT2D eigenvalue weighted by molar-refractivity contribution is -0.119. The van der Waals surface area contributed by atoms with Crippen molar-refractivity contribution in [2.45, 2.75) is 32.7 Å². The molecule has 3 aromatic rings. The van der Waals surface area contributed by atoms with Crippen LogP contribution >= 0.6 is 15.9 Å². The number of nitrogens with one attached hydrogen (secondary N) is 1. The third-order valence-electron chi connectivity index (χ3n) is 4.06. The van der Waals surface area contributed by atoms with Crippen molar-refractivity contribution in [3.63, 3.8) is 0 Å². The molecule has 2 heterocycles. The summed E-state index contributed by atoms with van der Waals surface area (Å²) >= 11 is 3.41. The molecule has 2 aromatic heterocycles. The quantitative estimate of drug-likeness (QED) is 0.680. The molecule has 0 radical (unpaired) electrons. The Labute approximate surface area is 162 Å². The highest BCUT2D eigenvalue weighted by molar-refractivity contribution is 9.10. The van der Waals surface area contributed by atoms with Gasteiger partial charge in [0.2, 0.25) is 5.95 Å². The first kappa shape index (κ1) is 19.1. The van der Waals surface area contributed by atoms with Gasteiger partial charge in [-0.05, 0) is 31.0 Å².